The van der Waals surface area contributed by atoms with E-state index in [0.29, 0.717) is 38.6 Å². The van der Waals surface area contributed by atoms with Gasteiger partial charge < -0.3 is 4.98 Å². The van der Waals surface area contributed by atoms with Crippen LogP contribution in [0.1, 0.15) is 16.8 Å². The van der Waals surface area contributed by atoms with Gasteiger partial charge in [0.2, 0.25) is 10.0 Å². The number of aromatic amines is 1. The maximum absolute atomic E-state index is 13.0. The van der Waals surface area contributed by atoms with Gasteiger partial charge in [-0.05, 0) is 36.8 Å². The van der Waals surface area contributed by atoms with Gasteiger partial charge in [0.25, 0.3) is 0 Å². The van der Waals surface area contributed by atoms with Crippen LogP contribution in [-0.2, 0) is 10.0 Å². The van der Waals surface area contributed by atoms with Gasteiger partial charge >= 0.3 is 0 Å². The monoisotopic (exact) mass is 447 g/mol. The summed E-state index contributed by atoms with van der Waals surface area (Å²) in [5.74, 6) is -0.244. The summed E-state index contributed by atoms with van der Waals surface area (Å²) in [7, 11) is -3.75. The first-order valence-electron chi connectivity index (χ1n) is 8.67. The van der Waals surface area contributed by atoms with E-state index in [9.17, 15) is 13.2 Å². The highest BCUT2D eigenvalue weighted by Gasteiger charge is 2.23. The van der Waals surface area contributed by atoms with Gasteiger partial charge in [-0.25, -0.2) is 18.1 Å². The van der Waals surface area contributed by atoms with Crippen LogP contribution in [0.5, 0.6) is 0 Å². The quantitative estimate of drug-likeness (QED) is 0.570. The number of Topliss-reactive ketones (excluding diaryl/α,β-unsaturated/α-hetero) is 1. The molecule has 2 N–H and O–H groups in total. The minimum absolute atomic E-state index is 0.107. The molecule has 0 saturated heterocycles. The summed E-state index contributed by atoms with van der Waals surface area (Å²) in [5.41, 5.74) is 1.37. The number of pyridine rings is 1. The zero-order valence-electron chi connectivity index (χ0n) is 14.9. The highest BCUT2D eigenvalue weighted by atomic mass is 35.5. The number of allylic oxidation sites excluding steroid dienone is 2. The third kappa shape index (κ3) is 4.13. The number of carbonyl (C=O) groups excluding carboxylic acids is 1. The number of hydrogen-bond acceptors (Lipinski definition) is 4. The molecule has 1 aliphatic carbocycles. The molecule has 3 aromatic rings. The molecule has 2 aromatic heterocycles. The van der Waals surface area contributed by atoms with Crippen molar-refractivity contribution in [2.45, 2.75) is 17.4 Å². The smallest absolute Gasteiger partial charge is 0.241 e. The van der Waals surface area contributed by atoms with Crippen LogP contribution in [0.4, 0.5) is 0 Å². The van der Waals surface area contributed by atoms with Gasteiger partial charge in [0.05, 0.1) is 9.92 Å². The molecule has 9 heteroatoms. The highest BCUT2D eigenvalue weighted by molar-refractivity contribution is 7.89. The number of ketones is 1. The van der Waals surface area contributed by atoms with E-state index in [0.717, 1.165) is 0 Å². The van der Waals surface area contributed by atoms with E-state index in [1.807, 2.05) is 0 Å². The number of fused-ring (bicyclic) bond motifs is 1. The molecule has 1 unspecified atom stereocenters. The first kappa shape index (κ1) is 19.8. The standard InChI is InChI=1S/C20H15Cl2N3O3S/c21-13-4-6-16(7-5-13)29(27,28)25-15-3-1-2-12(8-15)19(26)18-11-24-20-17(18)9-14(22)10-23-20/h1-2,4-11,15,25H,3H2,(H,23,24). The molecule has 0 aliphatic heterocycles. The molecule has 29 heavy (non-hydrogen) atoms. The van der Waals surface area contributed by atoms with Gasteiger partial charge in [0, 0.05) is 40.0 Å². The molecule has 6 nitrogen and oxygen atoms in total. The average molecular weight is 448 g/mol. The molecule has 2 heterocycles. The van der Waals surface area contributed by atoms with E-state index in [1.165, 1.54) is 30.5 Å². The summed E-state index contributed by atoms with van der Waals surface area (Å²) in [6.45, 7) is 0. The fourth-order valence-electron chi connectivity index (χ4n) is 3.12. The second-order valence-corrected chi connectivity index (χ2v) is 9.11. The molecule has 1 aliphatic rings. The molecule has 0 spiro atoms. The van der Waals surface area contributed by atoms with Crippen molar-refractivity contribution in [2.75, 3.05) is 0 Å². The van der Waals surface area contributed by atoms with Crippen LogP contribution in [0.15, 0.2) is 71.4 Å². The number of carbonyl (C=O) groups is 1. The van der Waals surface area contributed by atoms with Crippen molar-refractivity contribution >= 4 is 50.0 Å². The molecule has 0 saturated carbocycles. The Morgan fingerprint density at radius 3 is 2.69 bits per heavy atom. The van der Waals surface area contributed by atoms with Crippen molar-refractivity contribution in [3.63, 3.8) is 0 Å². The Bertz CT molecular complexity index is 1260. The molecule has 0 radical (unpaired) electrons. The second-order valence-electron chi connectivity index (χ2n) is 6.52. The zero-order chi connectivity index (χ0) is 20.6. The third-order valence-electron chi connectivity index (χ3n) is 4.50. The Morgan fingerprint density at radius 1 is 1.17 bits per heavy atom. The summed E-state index contributed by atoms with van der Waals surface area (Å²) < 4.78 is 27.8. The maximum atomic E-state index is 13.0. The summed E-state index contributed by atoms with van der Waals surface area (Å²) in [5, 5.41) is 1.49. The maximum Gasteiger partial charge on any atom is 0.241 e. The van der Waals surface area contributed by atoms with E-state index in [-0.39, 0.29) is 10.7 Å². The van der Waals surface area contributed by atoms with Crippen molar-refractivity contribution in [1.29, 1.82) is 0 Å². The van der Waals surface area contributed by atoms with Crippen molar-refractivity contribution in [3.8, 4) is 0 Å². The van der Waals surface area contributed by atoms with Crippen LogP contribution in [0.3, 0.4) is 0 Å². The number of halogens is 2. The molecule has 1 atom stereocenters. The van der Waals surface area contributed by atoms with Gasteiger partial charge in [-0.15, -0.1) is 0 Å². The van der Waals surface area contributed by atoms with E-state index in [2.05, 4.69) is 14.7 Å². The lowest BCUT2D eigenvalue weighted by molar-refractivity contribution is 0.103. The fraction of sp³-hybridized carbons (Fsp3) is 0.100. The lowest BCUT2D eigenvalue weighted by Crippen LogP contribution is -2.34. The van der Waals surface area contributed by atoms with Gasteiger partial charge in [-0.3, -0.25) is 4.79 Å². The van der Waals surface area contributed by atoms with Crippen LogP contribution in [0.2, 0.25) is 10.0 Å². The lowest BCUT2D eigenvalue weighted by atomic mass is 9.96. The van der Waals surface area contributed by atoms with Crippen molar-refractivity contribution in [3.05, 3.63) is 82.1 Å². The Hall–Kier alpha value is -2.45. The molecule has 0 amide bonds. The Morgan fingerprint density at radius 2 is 1.93 bits per heavy atom. The highest BCUT2D eigenvalue weighted by Crippen LogP contribution is 2.25. The van der Waals surface area contributed by atoms with Crippen LogP contribution >= 0.6 is 23.2 Å². The zero-order valence-corrected chi connectivity index (χ0v) is 17.2. The predicted molar refractivity (Wildman–Crippen MR) is 113 cm³/mol. The van der Waals surface area contributed by atoms with E-state index in [1.54, 1.807) is 30.5 Å². The molecule has 4 rings (SSSR count). The van der Waals surface area contributed by atoms with Crippen LogP contribution in [0, 0.1) is 0 Å². The average Bonchev–Trinajstić information content (AvgIpc) is 3.10. The number of nitrogens with one attached hydrogen (secondary N) is 2. The summed E-state index contributed by atoms with van der Waals surface area (Å²) in [6.07, 6.45) is 8.58. The Labute approximate surface area is 177 Å². The second kappa shape index (κ2) is 7.76. The number of H-pyrrole nitrogens is 1. The molecule has 0 fully saturated rings. The third-order valence-corrected chi connectivity index (χ3v) is 6.47. The lowest BCUT2D eigenvalue weighted by Gasteiger charge is -2.18. The van der Waals surface area contributed by atoms with Crippen LogP contribution in [-0.4, -0.2) is 30.2 Å². The first-order chi connectivity index (χ1) is 13.8. The van der Waals surface area contributed by atoms with E-state index >= 15 is 0 Å². The largest absolute Gasteiger partial charge is 0.345 e. The van der Waals surface area contributed by atoms with Gasteiger partial charge in [0.15, 0.2) is 5.78 Å². The van der Waals surface area contributed by atoms with Gasteiger partial charge in [-0.2, -0.15) is 0 Å². The summed E-state index contributed by atoms with van der Waals surface area (Å²) in [6, 6.07) is 7.01. The molecule has 1 aromatic carbocycles. The minimum Gasteiger partial charge on any atom is -0.345 e. The molecular formula is C20H15Cl2N3O3S. The Kier molecular flexibility index (Phi) is 5.31. The number of benzene rings is 1. The van der Waals surface area contributed by atoms with Crippen LogP contribution in [0.25, 0.3) is 11.0 Å². The SMILES string of the molecule is O=C(C1=CC(NS(=O)(=O)c2ccc(Cl)cc2)CC=C1)c1c[nH]c2ncc(Cl)cc12. The molecule has 0 bridgehead atoms. The number of nitrogens with zero attached hydrogens (tertiary/aromatic N) is 1. The number of sulfonamides is 1. The number of rotatable bonds is 5. The van der Waals surface area contributed by atoms with Gasteiger partial charge in [0.1, 0.15) is 5.65 Å². The summed E-state index contributed by atoms with van der Waals surface area (Å²) in [4.78, 5) is 20.2. The first-order valence-corrected chi connectivity index (χ1v) is 10.9. The topological polar surface area (TPSA) is 91.9 Å². The molecule has 148 valence electrons. The van der Waals surface area contributed by atoms with Crippen molar-refractivity contribution < 1.29 is 13.2 Å². The number of aromatic nitrogens is 2. The van der Waals surface area contributed by atoms with Gasteiger partial charge in [-0.1, -0.05) is 41.4 Å². The van der Waals surface area contributed by atoms with Crippen LogP contribution < -0.4 is 4.72 Å². The number of hydrogen-bond donors (Lipinski definition) is 2. The Balaban J connectivity index is 1.60. The molecular weight excluding hydrogens is 433 g/mol. The van der Waals surface area contributed by atoms with E-state index < -0.39 is 16.1 Å². The van der Waals surface area contributed by atoms with Crippen molar-refractivity contribution in [1.82, 2.24) is 14.7 Å². The van der Waals surface area contributed by atoms with Crippen molar-refractivity contribution in [2.24, 2.45) is 0 Å². The fourth-order valence-corrected chi connectivity index (χ4v) is 4.59. The van der Waals surface area contributed by atoms with E-state index in [4.69, 9.17) is 23.2 Å². The normalized spacial score (nSPS) is 16.8. The predicted octanol–water partition coefficient (Wildman–Crippen LogP) is 4.29. The minimum atomic E-state index is -3.75. The summed E-state index contributed by atoms with van der Waals surface area (Å²) >= 11 is 11.8.